The molecule has 0 atom stereocenters. The molecule has 1 aliphatic rings. The van der Waals surface area contributed by atoms with Gasteiger partial charge in [-0.1, -0.05) is 42.5 Å². The van der Waals surface area contributed by atoms with E-state index in [2.05, 4.69) is 26.0 Å². The number of aryl methyl sites for hydroxylation is 2. The van der Waals surface area contributed by atoms with Crippen LogP contribution in [0.5, 0.6) is 0 Å². The number of nitrogens with one attached hydrogen (secondary N) is 2. The minimum absolute atomic E-state index is 0. The quantitative estimate of drug-likeness (QED) is 0.564. The molecule has 8 heteroatoms. The Hall–Kier alpha value is -2.77. The van der Waals surface area contributed by atoms with Crippen LogP contribution in [0.25, 0.3) is 11.4 Å². The van der Waals surface area contributed by atoms with Gasteiger partial charge in [0.05, 0.1) is 13.1 Å². The van der Waals surface area contributed by atoms with Crippen molar-refractivity contribution in [2.24, 2.45) is 5.92 Å². The number of tetrazole rings is 1. The predicted molar refractivity (Wildman–Crippen MR) is 115 cm³/mol. The van der Waals surface area contributed by atoms with Crippen molar-refractivity contribution in [2.45, 2.75) is 25.8 Å². The molecule has 1 aliphatic carbocycles. The fourth-order valence-electron chi connectivity index (χ4n) is 2.94. The number of rotatable bonds is 9. The highest BCUT2D eigenvalue weighted by atomic mass is 35.5. The molecule has 1 heterocycles. The van der Waals surface area contributed by atoms with Crippen LogP contribution in [0.2, 0.25) is 0 Å². The lowest BCUT2D eigenvalue weighted by Crippen LogP contribution is -2.29. The lowest BCUT2D eigenvalue weighted by atomic mass is 10.1. The molecule has 0 saturated heterocycles. The molecule has 1 saturated carbocycles. The highest BCUT2D eigenvalue weighted by Crippen LogP contribution is 2.27. The number of benzene rings is 2. The van der Waals surface area contributed by atoms with Crippen LogP contribution in [0.4, 0.5) is 5.69 Å². The molecule has 1 amide bonds. The molecule has 0 aliphatic heterocycles. The van der Waals surface area contributed by atoms with Gasteiger partial charge in [-0.3, -0.25) is 4.79 Å². The van der Waals surface area contributed by atoms with Crippen LogP contribution in [-0.4, -0.2) is 39.2 Å². The van der Waals surface area contributed by atoms with Crippen molar-refractivity contribution in [1.29, 1.82) is 0 Å². The average molecular weight is 413 g/mol. The van der Waals surface area contributed by atoms with Crippen LogP contribution >= 0.6 is 12.4 Å². The second kappa shape index (κ2) is 10.1. The summed E-state index contributed by atoms with van der Waals surface area (Å²) >= 11 is 0. The van der Waals surface area contributed by atoms with Gasteiger partial charge in [0.15, 0.2) is 0 Å². The summed E-state index contributed by atoms with van der Waals surface area (Å²) in [5.74, 6) is 1.40. The molecule has 152 valence electrons. The van der Waals surface area contributed by atoms with Gasteiger partial charge in [-0.2, -0.15) is 4.80 Å². The smallest absolute Gasteiger partial charge is 0.238 e. The van der Waals surface area contributed by atoms with Crippen LogP contribution in [0.15, 0.2) is 54.6 Å². The van der Waals surface area contributed by atoms with Crippen LogP contribution in [0, 0.1) is 5.92 Å². The Balaban J connectivity index is 0.00000240. The number of amides is 1. The van der Waals surface area contributed by atoms with Crippen LogP contribution in [-0.2, 0) is 17.8 Å². The lowest BCUT2D eigenvalue weighted by molar-refractivity contribution is -0.115. The predicted octanol–water partition coefficient (Wildman–Crippen LogP) is 2.94. The van der Waals surface area contributed by atoms with Crippen molar-refractivity contribution < 1.29 is 4.79 Å². The second-order valence-corrected chi connectivity index (χ2v) is 7.14. The maximum Gasteiger partial charge on any atom is 0.238 e. The molecule has 0 radical (unpaired) electrons. The Bertz CT molecular complexity index is 908. The SMILES string of the molecule is Cl.O=C(CNCC1CC1)Nc1ccc(CCn2nnc(-c3ccccc3)n2)cc1. The lowest BCUT2D eigenvalue weighted by Gasteiger charge is -2.07. The van der Waals surface area contributed by atoms with Gasteiger partial charge in [-0.25, -0.2) is 0 Å². The van der Waals surface area contributed by atoms with Gasteiger partial charge < -0.3 is 10.6 Å². The summed E-state index contributed by atoms with van der Waals surface area (Å²) in [6.45, 7) is 1.95. The summed E-state index contributed by atoms with van der Waals surface area (Å²) in [6, 6.07) is 17.7. The van der Waals surface area contributed by atoms with E-state index in [0.29, 0.717) is 18.9 Å². The molecule has 4 rings (SSSR count). The summed E-state index contributed by atoms with van der Waals surface area (Å²) in [4.78, 5) is 13.5. The maximum absolute atomic E-state index is 11.9. The number of hydrogen-bond acceptors (Lipinski definition) is 5. The third-order valence-electron chi connectivity index (χ3n) is 4.74. The molecule has 0 spiro atoms. The van der Waals surface area contributed by atoms with Gasteiger partial charge >= 0.3 is 0 Å². The normalized spacial score (nSPS) is 13.0. The van der Waals surface area contributed by atoms with Crippen molar-refractivity contribution in [2.75, 3.05) is 18.4 Å². The Labute approximate surface area is 176 Å². The van der Waals surface area contributed by atoms with E-state index in [1.807, 2.05) is 54.6 Å². The largest absolute Gasteiger partial charge is 0.325 e. The highest BCUT2D eigenvalue weighted by molar-refractivity contribution is 5.92. The van der Waals surface area contributed by atoms with Gasteiger partial charge in [0.25, 0.3) is 0 Å². The standard InChI is InChI=1S/C21H24N6O.ClH/c28-20(15-22-14-17-6-7-17)23-19-10-8-16(9-11-19)12-13-27-25-21(24-26-27)18-4-2-1-3-5-18;/h1-5,8-11,17,22H,6-7,12-15H2,(H,23,28);1H. The van der Waals surface area contributed by atoms with E-state index >= 15 is 0 Å². The van der Waals surface area contributed by atoms with Gasteiger partial charge in [0.2, 0.25) is 11.7 Å². The molecule has 1 aromatic heterocycles. The molecule has 0 unspecified atom stereocenters. The zero-order valence-corrected chi connectivity index (χ0v) is 16.9. The van der Waals surface area contributed by atoms with Crippen molar-refractivity contribution in [3.05, 3.63) is 60.2 Å². The van der Waals surface area contributed by atoms with E-state index in [1.54, 1.807) is 4.80 Å². The molecule has 2 N–H and O–H groups in total. The van der Waals surface area contributed by atoms with Crippen molar-refractivity contribution in [1.82, 2.24) is 25.5 Å². The second-order valence-electron chi connectivity index (χ2n) is 7.14. The number of halogens is 1. The first kappa shape index (κ1) is 21.0. The zero-order chi connectivity index (χ0) is 19.2. The molecule has 2 aromatic carbocycles. The molecule has 29 heavy (non-hydrogen) atoms. The van der Waals surface area contributed by atoms with Gasteiger partial charge in [0, 0.05) is 11.3 Å². The van der Waals surface area contributed by atoms with Crippen LogP contribution in [0.1, 0.15) is 18.4 Å². The number of nitrogens with zero attached hydrogens (tertiary/aromatic N) is 4. The first-order valence-electron chi connectivity index (χ1n) is 9.69. The van der Waals surface area contributed by atoms with E-state index in [9.17, 15) is 4.79 Å². The molecule has 0 bridgehead atoms. The van der Waals surface area contributed by atoms with Gasteiger partial charge in [-0.15, -0.1) is 22.6 Å². The van der Waals surface area contributed by atoms with E-state index in [1.165, 1.54) is 12.8 Å². The molecular weight excluding hydrogens is 388 g/mol. The minimum Gasteiger partial charge on any atom is -0.325 e. The summed E-state index contributed by atoms with van der Waals surface area (Å²) in [5.41, 5.74) is 2.93. The van der Waals surface area contributed by atoms with E-state index < -0.39 is 0 Å². The van der Waals surface area contributed by atoms with E-state index in [0.717, 1.165) is 35.7 Å². The van der Waals surface area contributed by atoms with E-state index in [4.69, 9.17) is 0 Å². The fourth-order valence-corrected chi connectivity index (χ4v) is 2.94. The number of aromatic nitrogens is 4. The van der Waals surface area contributed by atoms with Crippen molar-refractivity contribution in [3.63, 3.8) is 0 Å². The Morgan fingerprint density at radius 3 is 2.55 bits per heavy atom. The Kier molecular flexibility index (Phi) is 7.32. The molecular formula is C21H25ClN6O. The van der Waals surface area contributed by atoms with Crippen LogP contribution in [0.3, 0.4) is 0 Å². The number of carbonyl (C=O) groups excluding carboxylic acids is 1. The van der Waals surface area contributed by atoms with Gasteiger partial charge in [0.1, 0.15) is 0 Å². The Morgan fingerprint density at radius 1 is 1.07 bits per heavy atom. The molecule has 1 fully saturated rings. The minimum atomic E-state index is -0.00587. The summed E-state index contributed by atoms with van der Waals surface area (Å²) < 4.78 is 0. The first-order chi connectivity index (χ1) is 13.8. The van der Waals surface area contributed by atoms with Crippen LogP contribution < -0.4 is 10.6 Å². The molecule has 7 nitrogen and oxygen atoms in total. The van der Waals surface area contributed by atoms with Crippen molar-refractivity contribution in [3.8, 4) is 11.4 Å². The van der Waals surface area contributed by atoms with Crippen molar-refractivity contribution >= 4 is 24.0 Å². The highest BCUT2D eigenvalue weighted by Gasteiger charge is 2.20. The summed E-state index contributed by atoms with van der Waals surface area (Å²) in [5, 5.41) is 18.8. The third kappa shape index (κ3) is 6.37. The fraction of sp³-hybridized carbons (Fsp3) is 0.333. The molecule has 3 aromatic rings. The Morgan fingerprint density at radius 2 is 1.83 bits per heavy atom. The zero-order valence-electron chi connectivity index (χ0n) is 16.1. The van der Waals surface area contributed by atoms with E-state index in [-0.39, 0.29) is 18.3 Å². The summed E-state index contributed by atoms with van der Waals surface area (Å²) in [6.07, 6.45) is 3.36. The average Bonchev–Trinajstić information content (AvgIpc) is 3.42. The summed E-state index contributed by atoms with van der Waals surface area (Å²) in [7, 11) is 0. The first-order valence-corrected chi connectivity index (χ1v) is 9.69. The third-order valence-corrected chi connectivity index (χ3v) is 4.74. The maximum atomic E-state index is 11.9. The number of hydrogen-bond donors (Lipinski definition) is 2. The monoisotopic (exact) mass is 412 g/mol. The van der Waals surface area contributed by atoms with Gasteiger partial charge in [-0.05, 0) is 54.6 Å². The number of carbonyl (C=O) groups is 1. The topological polar surface area (TPSA) is 84.7 Å². The number of anilines is 1.